The van der Waals surface area contributed by atoms with E-state index in [1.807, 2.05) is 18.2 Å². The molecule has 4 rings (SSSR count). The summed E-state index contributed by atoms with van der Waals surface area (Å²) in [7, 11) is 0. The maximum absolute atomic E-state index is 11.7. The van der Waals surface area contributed by atoms with Crippen LogP contribution in [0.2, 0.25) is 0 Å². The molecule has 0 bridgehead atoms. The molecule has 0 radical (unpaired) electrons. The third kappa shape index (κ3) is 3.42. The molecular formula is C19H19N5O2. The van der Waals surface area contributed by atoms with Gasteiger partial charge in [-0.25, -0.2) is 9.97 Å². The summed E-state index contributed by atoms with van der Waals surface area (Å²) in [4.78, 5) is 36.4. The molecule has 1 N–H and O–H groups in total. The summed E-state index contributed by atoms with van der Waals surface area (Å²) in [5.74, 6) is 0.169. The quantitative estimate of drug-likeness (QED) is 0.663. The van der Waals surface area contributed by atoms with Gasteiger partial charge < -0.3 is 15.1 Å². The molecule has 2 aliphatic heterocycles. The fraction of sp³-hybridized carbons (Fsp3) is 0.263. The second kappa shape index (κ2) is 6.95. The van der Waals surface area contributed by atoms with Crippen LogP contribution in [0.3, 0.4) is 0 Å². The number of rotatable bonds is 3. The highest BCUT2D eigenvalue weighted by molar-refractivity contribution is 6.16. The third-order valence-electron chi connectivity index (χ3n) is 4.54. The lowest BCUT2D eigenvalue weighted by Crippen LogP contribution is -2.47. The fourth-order valence-corrected chi connectivity index (χ4v) is 3.17. The minimum absolute atomic E-state index is 0.0920. The number of carbonyl (C=O) groups excluding carboxylic acids is 2. The number of nitrogens with zero attached hydrogens (tertiary/aromatic N) is 4. The zero-order valence-electron chi connectivity index (χ0n) is 14.3. The Balaban J connectivity index is 1.45. The van der Waals surface area contributed by atoms with Gasteiger partial charge in [0.05, 0.1) is 17.8 Å². The number of aromatic nitrogens is 2. The molecule has 1 aromatic heterocycles. The Kier molecular flexibility index (Phi) is 4.35. The van der Waals surface area contributed by atoms with E-state index in [1.165, 1.54) is 5.69 Å². The summed E-state index contributed by atoms with van der Waals surface area (Å²) in [6, 6.07) is 12.1. The summed E-state index contributed by atoms with van der Waals surface area (Å²) in [6.45, 7) is 3.44. The zero-order chi connectivity index (χ0) is 17.9. The lowest BCUT2D eigenvalue weighted by atomic mass is 10.2. The van der Waals surface area contributed by atoms with Crippen LogP contribution in [-0.2, 0) is 9.59 Å². The molecule has 0 unspecified atom stereocenters. The first-order chi connectivity index (χ1) is 12.7. The Labute approximate surface area is 151 Å². The van der Waals surface area contributed by atoms with Gasteiger partial charge >= 0.3 is 0 Å². The molecule has 2 saturated heterocycles. The normalized spacial score (nSPS) is 19.2. The van der Waals surface area contributed by atoms with Gasteiger partial charge in [0.15, 0.2) is 5.78 Å². The van der Waals surface area contributed by atoms with Crippen molar-refractivity contribution >= 4 is 29.4 Å². The summed E-state index contributed by atoms with van der Waals surface area (Å²) in [5, 5.41) is 2.57. The molecule has 26 heavy (non-hydrogen) atoms. The maximum Gasteiger partial charge on any atom is 0.232 e. The number of Topliss-reactive ketones (excluding diaryl/α,β-unsaturated/α-hetero) is 1. The number of para-hydroxylation sites is 1. The van der Waals surface area contributed by atoms with Gasteiger partial charge in [0.2, 0.25) is 11.9 Å². The molecule has 7 nitrogen and oxygen atoms in total. The molecular weight excluding hydrogens is 330 g/mol. The average Bonchev–Trinajstić information content (AvgIpc) is 3.00. The molecule has 1 amide bonds. The molecule has 7 heteroatoms. The smallest absolute Gasteiger partial charge is 0.232 e. The fourth-order valence-electron chi connectivity index (χ4n) is 3.17. The number of carbonyl (C=O) groups is 2. The second-order valence-electron chi connectivity index (χ2n) is 6.30. The number of anilines is 2. The first kappa shape index (κ1) is 16.3. The van der Waals surface area contributed by atoms with Crippen LogP contribution in [-0.4, -0.2) is 47.8 Å². The van der Waals surface area contributed by atoms with Crippen molar-refractivity contribution in [2.24, 2.45) is 0 Å². The van der Waals surface area contributed by atoms with Gasteiger partial charge in [0, 0.05) is 38.1 Å². The summed E-state index contributed by atoms with van der Waals surface area (Å²) >= 11 is 0. The third-order valence-corrected chi connectivity index (χ3v) is 4.54. The van der Waals surface area contributed by atoms with Crippen molar-refractivity contribution in [3.05, 3.63) is 54.0 Å². The number of hydrogen-bond donors (Lipinski definition) is 1. The Morgan fingerprint density at radius 1 is 0.962 bits per heavy atom. The first-order valence-corrected chi connectivity index (χ1v) is 8.62. The zero-order valence-corrected chi connectivity index (χ0v) is 14.3. The highest BCUT2D eigenvalue weighted by Crippen LogP contribution is 2.18. The van der Waals surface area contributed by atoms with E-state index in [4.69, 9.17) is 0 Å². The van der Waals surface area contributed by atoms with Crippen LogP contribution in [0.1, 0.15) is 12.1 Å². The number of nitrogens with one attached hydrogen (secondary N) is 1. The van der Waals surface area contributed by atoms with Crippen LogP contribution in [0.15, 0.2) is 48.3 Å². The van der Waals surface area contributed by atoms with Crippen molar-refractivity contribution in [2.75, 3.05) is 36.0 Å². The monoisotopic (exact) mass is 349 g/mol. The van der Waals surface area contributed by atoms with Crippen LogP contribution < -0.4 is 15.1 Å². The average molecular weight is 349 g/mol. The standard InChI is InChI=1S/C19H19N5O2/c25-17-13-18(26)22-16(17)12-14-6-7-20-19(21-14)24-10-8-23(9-11-24)15-4-2-1-3-5-15/h1-7,12H,8-11,13H2,(H,22,26)/b16-12-. The predicted molar refractivity (Wildman–Crippen MR) is 98.6 cm³/mol. The maximum atomic E-state index is 11.7. The SMILES string of the molecule is O=C1CC(=O)/C(=C/c2ccnc(N3CCN(c4ccccc4)CC3)n2)N1. The van der Waals surface area contributed by atoms with E-state index >= 15 is 0 Å². The van der Waals surface area contributed by atoms with E-state index in [9.17, 15) is 9.59 Å². The molecule has 1 aromatic carbocycles. The molecule has 0 spiro atoms. The van der Waals surface area contributed by atoms with Gasteiger partial charge in [-0.1, -0.05) is 18.2 Å². The van der Waals surface area contributed by atoms with E-state index in [-0.39, 0.29) is 18.1 Å². The molecule has 2 fully saturated rings. The van der Waals surface area contributed by atoms with Crippen molar-refractivity contribution in [1.29, 1.82) is 0 Å². The van der Waals surface area contributed by atoms with Gasteiger partial charge in [0.25, 0.3) is 0 Å². The molecule has 0 atom stereocenters. The second-order valence-corrected chi connectivity index (χ2v) is 6.30. The molecule has 132 valence electrons. The Morgan fingerprint density at radius 3 is 2.38 bits per heavy atom. The predicted octanol–water partition coefficient (Wildman–Crippen LogP) is 1.23. The largest absolute Gasteiger partial charge is 0.368 e. The number of piperazine rings is 1. The minimum atomic E-state index is -0.271. The topological polar surface area (TPSA) is 78.4 Å². The van der Waals surface area contributed by atoms with Gasteiger partial charge in [0.1, 0.15) is 0 Å². The van der Waals surface area contributed by atoms with Crippen molar-refractivity contribution in [2.45, 2.75) is 6.42 Å². The number of amides is 1. The summed E-state index contributed by atoms with van der Waals surface area (Å²) in [6.07, 6.45) is 3.20. The number of allylic oxidation sites excluding steroid dienone is 1. The van der Waals surface area contributed by atoms with Gasteiger partial charge in [-0.05, 0) is 24.3 Å². The van der Waals surface area contributed by atoms with Gasteiger partial charge in [-0.2, -0.15) is 0 Å². The van der Waals surface area contributed by atoms with Gasteiger partial charge in [-0.3, -0.25) is 9.59 Å². The highest BCUT2D eigenvalue weighted by Gasteiger charge is 2.24. The molecule has 0 aliphatic carbocycles. The van der Waals surface area contributed by atoms with Crippen molar-refractivity contribution < 1.29 is 9.59 Å². The number of ketones is 1. The highest BCUT2D eigenvalue weighted by atomic mass is 16.2. The summed E-state index contributed by atoms with van der Waals surface area (Å²) in [5.41, 5.74) is 2.14. The molecule has 3 heterocycles. The number of benzene rings is 1. The Hall–Kier alpha value is -3.22. The number of hydrogen-bond acceptors (Lipinski definition) is 6. The van der Waals surface area contributed by atoms with E-state index in [0.29, 0.717) is 17.3 Å². The van der Waals surface area contributed by atoms with Crippen LogP contribution in [0.5, 0.6) is 0 Å². The van der Waals surface area contributed by atoms with Gasteiger partial charge in [-0.15, -0.1) is 0 Å². The lowest BCUT2D eigenvalue weighted by Gasteiger charge is -2.36. The van der Waals surface area contributed by atoms with Crippen molar-refractivity contribution in [1.82, 2.24) is 15.3 Å². The van der Waals surface area contributed by atoms with E-state index in [1.54, 1.807) is 18.3 Å². The first-order valence-electron chi connectivity index (χ1n) is 8.62. The Bertz CT molecular complexity index is 857. The Morgan fingerprint density at radius 2 is 1.69 bits per heavy atom. The lowest BCUT2D eigenvalue weighted by molar-refractivity contribution is -0.121. The molecule has 2 aliphatic rings. The minimum Gasteiger partial charge on any atom is -0.368 e. The van der Waals surface area contributed by atoms with E-state index in [2.05, 4.69) is 37.2 Å². The van der Waals surface area contributed by atoms with E-state index in [0.717, 1.165) is 26.2 Å². The van der Waals surface area contributed by atoms with Crippen LogP contribution >= 0.6 is 0 Å². The molecule has 2 aromatic rings. The van der Waals surface area contributed by atoms with Crippen LogP contribution in [0, 0.1) is 0 Å². The summed E-state index contributed by atoms with van der Waals surface area (Å²) < 4.78 is 0. The van der Waals surface area contributed by atoms with Crippen LogP contribution in [0.4, 0.5) is 11.6 Å². The van der Waals surface area contributed by atoms with Crippen molar-refractivity contribution in [3.8, 4) is 0 Å². The van der Waals surface area contributed by atoms with E-state index < -0.39 is 0 Å². The molecule has 0 saturated carbocycles. The van der Waals surface area contributed by atoms with Crippen LogP contribution in [0.25, 0.3) is 6.08 Å². The van der Waals surface area contributed by atoms with Crippen molar-refractivity contribution in [3.63, 3.8) is 0 Å².